The van der Waals surface area contributed by atoms with Crippen molar-refractivity contribution < 1.29 is 4.74 Å². The van der Waals surface area contributed by atoms with Crippen molar-refractivity contribution in [2.45, 2.75) is 0 Å². The van der Waals surface area contributed by atoms with E-state index in [0.29, 0.717) is 11.4 Å². The number of ether oxygens (including phenoxy) is 1. The van der Waals surface area contributed by atoms with Gasteiger partial charge in [0.15, 0.2) is 5.65 Å². The van der Waals surface area contributed by atoms with E-state index in [1.165, 1.54) is 6.33 Å². The van der Waals surface area contributed by atoms with Crippen LogP contribution in [0, 0.1) is 0 Å². The Hall–Kier alpha value is -2.83. The van der Waals surface area contributed by atoms with Crippen LogP contribution >= 0.6 is 0 Å². The number of imidazole rings is 1. The van der Waals surface area contributed by atoms with Crippen LogP contribution in [0.4, 0.5) is 0 Å². The highest BCUT2D eigenvalue weighted by Gasteiger charge is 2.10. The molecule has 0 aliphatic rings. The number of aromatic amines is 2. The summed E-state index contributed by atoms with van der Waals surface area (Å²) in [4.78, 5) is 33.2. The molecule has 2 heterocycles. The second kappa shape index (κ2) is 4.13. The summed E-state index contributed by atoms with van der Waals surface area (Å²) < 4.78 is 6.08. The summed E-state index contributed by atoms with van der Waals surface area (Å²) in [6.07, 6.45) is 1.36. The van der Waals surface area contributed by atoms with Gasteiger partial charge in [-0.1, -0.05) is 0 Å². The lowest BCUT2D eigenvalue weighted by molar-refractivity contribution is 0.414. The number of hydrogen-bond donors (Lipinski definition) is 2. The summed E-state index contributed by atoms with van der Waals surface area (Å²) in [5, 5.41) is 0. The van der Waals surface area contributed by atoms with E-state index in [9.17, 15) is 9.59 Å². The maximum absolute atomic E-state index is 12.2. The Balaban J connectivity index is 2.29. The summed E-state index contributed by atoms with van der Waals surface area (Å²) in [7, 11) is 1.55. The molecule has 3 rings (SSSR count). The quantitative estimate of drug-likeness (QED) is 0.696. The molecule has 7 heteroatoms. The highest BCUT2D eigenvalue weighted by Crippen LogP contribution is 2.12. The molecule has 0 aliphatic heterocycles. The topological polar surface area (TPSA) is 92.8 Å². The highest BCUT2D eigenvalue weighted by atomic mass is 16.5. The first-order valence-corrected chi connectivity index (χ1v) is 5.53. The molecule has 0 unspecified atom stereocenters. The van der Waals surface area contributed by atoms with E-state index in [1.807, 2.05) is 0 Å². The van der Waals surface area contributed by atoms with Crippen LogP contribution < -0.4 is 16.0 Å². The average molecular weight is 258 g/mol. The fourth-order valence-electron chi connectivity index (χ4n) is 1.88. The van der Waals surface area contributed by atoms with Crippen molar-refractivity contribution in [2.75, 3.05) is 7.11 Å². The summed E-state index contributed by atoms with van der Waals surface area (Å²) in [5.74, 6) is 0.649. The maximum atomic E-state index is 12.2. The molecular weight excluding hydrogens is 248 g/mol. The van der Waals surface area contributed by atoms with Crippen LogP contribution in [0.15, 0.2) is 40.2 Å². The molecule has 96 valence electrons. The molecule has 0 bridgehead atoms. The summed E-state index contributed by atoms with van der Waals surface area (Å²) in [6, 6.07) is 6.63. The van der Waals surface area contributed by atoms with Crippen LogP contribution in [0.25, 0.3) is 16.9 Å². The Labute approximate surface area is 106 Å². The van der Waals surface area contributed by atoms with Gasteiger partial charge >= 0.3 is 5.69 Å². The standard InChI is InChI=1S/C12H10N4O3/c1-19-8-4-2-7(3-5-8)16-11(17)9-10(14-6-13-9)15-12(16)18/h2-6H,1H3,(H,13,14)(H,15,18). The lowest BCUT2D eigenvalue weighted by atomic mass is 10.3. The van der Waals surface area contributed by atoms with Crippen molar-refractivity contribution in [1.29, 1.82) is 0 Å². The molecule has 0 spiro atoms. The van der Waals surface area contributed by atoms with Gasteiger partial charge in [-0.05, 0) is 24.3 Å². The number of rotatable bonds is 2. The van der Waals surface area contributed by atoms with Gasteiger partial charge in [0, 0.05) is 0 Å². The first-order chi connectivity index (χ1) is 9.20. The molecule has 0 radical (unpaired) electrons. The maximum Gasteiger partial charge on any atom is 0.334 e. The second-order valence-electron chi connectivity index (χ2n) is 3.89. The number of H-pyrrole nitrogens is 2. The van der Waals surface area contributed by atoms with E-state index in [0.717, 1.165) is 4.57 Å². The number of hydrogen-bond acceptors (Lipinski definition) is 4. The predicted molar refractivity (Wildman–Crippen MR) is 68.9 cm³/mol. The minimum atomic E-state index is -0.533. The Morgan fingerprint density at radius 1 is 1.21 bits per heavy atom. The Bertz CT molecular complexity index is 842. The zero-order valence-corrected chi connectivity index (χ0v) is 10.0. The van der Waals surface area contributed by atoms with Crippen molar-refractivity contribution in [1.82, 2.24) is 19.5 Å². The van der Waals surface area contributed by atoms with Crippen molar-refractivity contribution in [3.8, 4) is 11.4 Å². The van der Waals surface area contributed by atoms with Gasteiger partial charge < -0.3 is 9.72 Å². The highest BCUT2D eigenvalue weighted by molar-refractivity contribution is 5.68. The van der Waals surface area contributed by atoms with E-state index >= 15 is 0 Å². The molecule has 0 amide bonds. The van der Waals surface area contributed by atoms with Crippen LogP contribution in [0.1, 0.15) is 0 Å². The van der Waals surface area contributed by atoms with Crippen LogP contribution in [-0.2, 0) is 0 Å². The molecule has 0 saturated heterocycles. The Morgan fingerprint density at radius 2 is 1.95 bits per heavy atom. The third kappa shape index (κ3) is 1.71. The zero-order valence-electron chi connectivity index (χ0n) is 10.0. The van der Waals surface area contributed by atoms with Gasteiger partial charge in [-0.2, -0.15) is 0 Å². The SMILES string of the molecule is COc1ccc(-n2c(=O)[nH]c3nc[nH]c3c2=O)cc1. The summed E-state index contributed by atoms with van der Waals surface area (Å²) in [6.45, 7) is 0. The van der Waals surface area contributed by atoms with Crippen LogP contribution in [0.5, 0.6) is 5.75 Å². The second-order valence-corrected chi connectivity index (χ2v) is 3.89. The van der Waals surface area contributed by atoms with Crippen LogP contribution in [0.2, 0.25) is 0 Å². The zero-order chi connectivity index (χ0) is 13.4. The lowest BCUT2D eigenvalue weighted by Gasteiger charge is -2.05. The number of nitrogens with zero attached hydrogens (tertiary/aromatic N) is 2. The molecule has 1 aromatic carbocycles. The molecule has 0 saturated carbocycles. The van der Waals surface area contributed by atoms with Crippen LogP contribution in [0.3, 0.4) is 0 Å². The molecule has 0 aliphatic carbocycles. The average Bonchev–Trinajstić information content (AvgIpc) is 2.88. The van der Waals surface area contributed by atoms with Crippen molar-refractivity contribution in [2.24, 2.45) is 0 Å². The normalized spacial score (nSPS) is 10.8. The number of aromatic nitrogens is 4. The molecule has 3 aromatic rings. The molecule has 19 heavy (non-hydrogen) atoms. The van der Waals surface area contributed by atoms with Gasteiger partial charge in [0.1, 0.15) is 11.3 Å². The Kier molecular flexibility index (Phi) is 2.45. The van der Waals surface area contributed by atoms with Gasteiger partial charge in [0.2, 0.25) is 0 Å². The molecule has 7 nitrogen and oxygen atoms in total. The van der Waals surface area contributed by atoms with E-state index in [1.54, 1.807) is 31.4 Å². The number of fused-ring (bicyclic) bond motifs is 1. The van der Waals surface area contributed by atoms with Crippen molar-refractivity contribution in [3.05, 3.63) is 51.4 Å². The minimum Gasteiger partial charge on any atom is -0.497 e. The third-order valence-electron chi connectivity index (χ3n) is 2.82. The third-order valence-corrected chi connectivity index (χ3v) is 2.82. The summed E-state index contributed by atoms with van der Waals surface area (Å²) >= 11 is 0. The van der Waals surface area contributed by atoms with Crippen molar-refractivity contribution in [3.63, 3.8) is 0 Å². The predicted octanol–water partition coefficient (Wildman–Crippen LogP) is 0.411. The van der Waals surface area contributed by atoms with Crippen molar-refractivity contribution >= 4 is 11.2 Å². The first kappa shape index (κ1) is 11.3. The minimum absolute atomic E-state index is 0.250. The molecule has 0 atom stereocenters. The molecule has 2 N–H and O–H groups in total. The fourth-order valence-corrected chi connectivity index (χ4v) is 1.88. The van der Waals surface area contributed by atoms with Gasteiger partial charge in [-0.25, -0.2) is 14.3 Å². The number of benzene rings is 1. The first-order valence-electron chi connectivity index (χ1n) is 5.53. The lowest BCUT2D eigenvalue weighted by Crippen LogP contribution is -2.33. The van der Waals surface area contributed by atoms with Gasteiger partial charge in [0.25, 0.3) is 5.56 Å². The van der Waals surface area contributed by atoms with E-state index in [4.69, 9.17) is 4.74 Å². The van der Waals surface area contributed by atoms with E-state index in [-0.39, 0.29) is 11.2 Å². The summed E-state index contributed by atoms with van der Waals surface area (Å²) in [5.41, 5.74) is -0.00471. The van der Waals surface area contributed by atoms with Gasteiger partial charge in [0.05, 0.1) is 19.1 Å². The van der Waals surface area contributed by atoms with Gasteiger partial charge in [-0.15, -0.1) is 0 Å². The van der Waals surface area contributed by atoms with Gasteiger partial charge in [-0.3, -0.25) is 9.78 Å². The largest absolute Gasteiger partial charge is 0.497 e. The Morgan fingerprint density at radius 3 is 2.63 bits per heavy atom. The molecule has 0 fully saturated rings. The smallest absolute Gasteiger partial charge is 0.334 e. The fraction of sp³-hybridized carbons (Fsp3) is 0.0833. The van der Waals surface area contributed by atoms with E-state index < -0.39 is 11.2 Å². The number of methoxy groups -OCH3 is 1. The molecule has 2 aromatic heterocycles. The number of nitrogens with one attached hydrogen (secondary N) is 2. The molecular formula is C12H10N4O3. The van der Waals surface area contributed by atoms with E-state index in [2.05, 4.69) is 15.0 Å². The van der Waals surface area contributed by atoms with Crippen LogP contribution in [-0.4, -0.2) is 26.6 Å². The monoisotopic (exact) mass is 258 g/mol.